The van der Waals surface area contributed by atoms with Gasteiger partial charge in [-0.1, -0.05) is 11.6 Å². The number of carboxylic acids is 1. The van der Waals surface area contributed by atoms with Crippen LogP contribution in [0.5, 0.6) is 5.75 Å². The van der Waals surface area contributed by atoms with E-state index in [0.717, 1.165) is 24.8 Å². The van der Waals surface area contributed by atoms with Crippen molar-refractivity contribution in [1.82, 2.24) is 10.9 Å². The number of hydrogen-bond donors (Lipinski definition) is 3. The van der Waals surface area contributed by atoms with E-state index in [-0.39, 0.29) is 11.8 Å². The van der Waals surface area contributed by atoms with Crippen molar-refractivity contribution in [2.45, 2.75) is 39.2 Å². The number of aryl methyl sites for hydroxylation is 1. The molecule has 3 N–H and O–H groups in total. The minimum absolute atomic E-state index is 0.0501. The largest absolute Gasteiger partial charge is 0.481 e. The predicted molar refractivity (Wildman–Crippen MR) is 98.0 cm³/mol. The van der Waals surface area contributed by atoms with E-state index in [1.165, 1.54) is 0 Å². The van der Waals surface area contributed by atoms with Crippen molar-refractivity contribution in [2.75, 3.05) is 0 Å². The molecule has 0 saturated heterocycles. The summed E-state index contributed by atoms with van der Waals surface area (Å²) in [6, 6.07) is 5.06. The Morgan fingerprint density at radius 1 is 1.19 bits per heavy atom. The summed E-state index contributed by atoms with van der Waals surface area (Å²) in [4.78, 5) is 36.2. The molecule has 0 spiro atoms. The van der Waals surface area contributed by atoms with Gasteiger partial charge >= 0.3 is 5.97 Å². The van der Waals surface area contributed by atoms with Crippen molar-refractivity contribution in [3.05, 3.63) is 28.8 Å². The molecule has 2 saturated carbocycles. The SMILES string of the molecule is Cc1cc(Cl)ccc1O[C@H](C)C(=O)NNC(=O)[C@H]1[C@@H]2CC[C@@H](C2)[C@@H]1C(=O)O. The van der Waals surface area contributed by atoms with Crippen molar-refractivity contribution >= 4 is 29.4 Å². The zero-order valence-electron chi connectivity index (χ0n) is 15.2. The second kappa shape index (κ2) is 7.76. The van der Waals surface area contributed by atoms with Gasteiger partial charge in [-0.2, -0.15) is 0 Å². The number of fused-ring (bicyclic) bond motifs is 2. The summed E-state index contributed by atoms with van der Waals surface area (Å²) in [6.45, 7) is 3.38. The number of hydrogen-bond acceptors (Lipinski definition) is 4. The van der Waals surface area contributed by atoms with Crippen LogP contribution < -0.4 is 15.6 Å². The van der Waals surface area contributed by atoms with Crippen molar-refractivity contribution in [1.29, 1.82) is 0 Å². The molecule has 3 rings (SSSR count). The van der Waals surface area contributed by atoms with Gasteiger partial charge < -0.3 is 9.84 Å². The van der Waals surface area contributed by atoms with Crippen LogP contribution in [0.2, 0.25) is 5.02 Å². The second-order valence-corrected chi connectivity index (χ2v) is 7.81. The highest BCUT2D eigenvalue weighted by Crippen LogP contribution is 2.52. The fraction of sp³-hybridized carbons (Fsp3) is 0.526. The van der Waals surface area contributed by atoms with Crippen LogP contribution in [0.4, 0.5) is 0 Å². The van der Waals surface area contributed by atoms with Gasteiger partial charge in [0, 0.05) is 5.02 Å². The monoisotopic (exact) mass is 394 g/mol. The summed E-state index contributed by atoms with van der Waals surface area (Å²) >= 11 is 5.90. The summed E-state index contributed by atoms with van der Waals surface area (Å²) in [5, 5.41) is 10.0. The first kappa shape index (κ1) is 19.5. The highest BCUT2D eigenvalue weighted by molar-refractivity contribution is 6.30. The normalized spacial score (nSPS) is 27.1. The molecule has 2 fully saturated rings. The Labute approximate surface area is 162 Å². The average molecular weight is 395 g/mol. The fourth-order valence-corrected chi connectivity index (χ4v) is 4.55. The van der Waals surface area contributed by atoms with Crippen LogP contribution in [0.25, 0.3) is 0 Å². The Morgan fingerprint density at radius 3 is 2.48 bits per heavy atom. The third-order valence-electron chi connectivity index (χ3n) is 5.62. The molecule has 0 unspecified atom stereocenters. The second-order valence-electron chi connectivity index (χ2n) is 7.37. The van der Waals surface area contributed by atoms with Gasteiger partial charge in [0.05, 0.1) is 11.8 Å². The number of carboxylic acid groups (broad SMARTS) is 1. The average Bonchev–Trinajstić information content (AvgIpc) is 3.22. The van der Waals surface area contributed by atoms with Gasteiger partial charge in [0.2, 0.25) is 5.91 Å². The van der Waals surface area contributed by atoms with Crippen LogP contribution in [0.3, 0.4) is 0 Å². The molecular formula is C19H23ClN2O5. The maximum atomic E-state index is 12.5. The van der Waals surface area contributed by atoms with Crippen molar-refractivity contribution in [3.8, 4) is 5.75 Å². The quantitative estimate of drug-likeness (QED) is 0.665. The van der Waals surface area contributed by atoms with E-state index < -0.39 is 35.7 Å². The standard InChI is InChI=1S/C19H23ClN2O5/c1-9-7-13(20)5-6-14(9)27-10(2)17(23)21-22-18(24)15-11-3-4-12(8-11)16(15)19(25)26/h5-7,10-12,15-16H,3-4,8H2,1-2H3,(H,21,23)(H,22,24)(H,25,26)/t10-,11-,12+,15+,16+/m1/s1. The Morgan fingerprint density at radius 2 is 1.85 bits per heavy atom. The molecule has 146 valence electrons. The number of aliphatic carboxylic acids is 1. The van der Waals surface area contributed by atoms with Gasteiger partial charge in [0.15, 0.2) is 6.10 Å². The highest BCUT2D eigenvalue weighted by atomic mass is 35.5. The van der Waals surface area contributed by atoms with E-state index in [0.29, 0.717) is 10.8 Å². The number of ether oxygens (including phenoxy) is 1. The Hall–Kier alpha value is -2.28. The third kappa shape index (κ3) is 4.03. The lowest BCUT2D eigenvalue weighted by atomic mass is 9.79. The Kier molecular flexibility index (Phi) is 5.60. The predicted octanol–water partition coefficient (Wildman–Crippen LogP) is 2.31. The lowest BCUT2D eigenvalue weighted by Gasteiger charge is -2.27. The van der Waals surface area contributed by atoms with Gasteiger partial charge in [-0.05, 0) is 68.7 Å². The van der Waals surface area contributed by atoms with Crippen LogP contribution in [0.15, 0.2) is 18.2 Å². The molecule has 1 aromatic carbocycles. The number of benzene rings is 1. The van der Waals surface area contributed by atoms with E-state index in [9.17, 15) is 19.5 Å². The van der Waals surface area contributed by atoms with Crippen LogP contribution in [-0.4, -0.2) is 29.0 Å². The summed E-state index contributed by atoms with van der Waals surface area (Å²) in [5.74, 6) is -2.55. The third-order valence-corrected chi connectivity index (χ3v) is 5.86. The van der Waals surface area contributed by atoms with Crippen LogP contribution in [0.1, 0.15) is 31.7 Å². The molecule has 0 aliphatic heterocycles. The minimum Gasteiger partial charge on any atom is -0.481 e. The number of amides is 2. The number of carbonyl (C=O) groups excluding carboxylic acids is 2. The van der Waals surface area contributed by atoms with Gasteiger partial charge in [0.1, 0.15) is 5.75 Å². The van der Waals surface area contributed by atoms with Crippen molar-refractivity contribution in [3.63, 3.8) is 0 Å². The molecule has 0 aromatic heterocycles. The summed E-state index contributed by atoms with van der Waals surface area (Å²) < 4.78 is 5.61. The number of hydrazine groups is 1. The topological polar surface area (TPSA) is 105 Å². The lowest BCUT2D eigenvalue weighted by Crippen LogP contribution is -2.51. The molecule has 0 heterocycles. The molecule has 5 atom stereocenters. The smallest absolute Gasteiger partial charge is 0.307 e. The van der Waals surface area contributed by atoms with Gasteiger partial charge in [-0.15, -0.1) is 0 Å². The zero-order valence-corrected chi connectivity index (χ0v) is 16.0. The first-order valence-corrected chi connectivity index (χ1v) is 9.41. The number of nitrogens with one attached hydrogen (secondary N) is 2. The summed E-state index contributed by atoms with van der Waals surface area (Å²) in [5.41, 5.74) is 5.52. The molecule has 0 radical (unpaired) electrons. The molecular weight excluding hydrogens is 372 g/mol. The van der Waals surface area contributed by atoms with E-state index in [1.54, 1.807) is 25.1 Å². The van der Waals surface area contributed by atoms with Crippen molar-refractivity contribution in [2.24, 2.45) is 23.7 Å². The summed E-state index contributed by atoms with van der Waals surface area (Å²) in [6.07, 6.45) is 1.62. The number of rotatable bonds is 5. The van der Waals surface area contributed by atoms with E-state index in [2.05, 4.69) is 10.9 Å². The van der Waals surface area contributed by atoms with E-state index >= 15 is 0 Å². The molecule has 2 bridgehead atoms. The van der Waals surface area contributed by atoms with Gasteiger partial charge in [-0.25, -0.2) is 0 Å². The van der Waals surface area contributed by atoms with Crippen LogP contribution in [-0.2, 0) is 14.4 Å². The van der Waals surface area contributed by atoms with Crippen LogP contribution >= 0.6 is 11.6 Å². The number of halogens is 1. The van der Waals surface area contributed by atoms with E-state index in [1.807, 2.05) is 6.92 Å². The van der Waals surface area contributed by atoms with E-state index in [4.69, 9.17) is 16.3 Å². The molecule has 2 aliphatic carbocycles. The Balaban J connectivity index is 1.55. The molecule has 7 nitrogen and oxygen atoms in total. The highest BCUT2D eigenvalue weighted by Gasteiger charge is 2.54. The summed E-state index contributed by atoms with van der Waals surface area (Å²) in [7, 11) is 0. The molecule has 27 heavy (non-hydrogen) atoms. The van der Waals surface area contributed by atoms with Crippen molar-refractivity contribution < 1.29 is 24.2 Å². The first-order valence-electron chi connectivity index (χ1n) is 9.03. The Bertz CT molecular complexity index is 768. The zero-order chi connectivity index (χ0) is 19.7. The lowest BCUT2D eigenvalue weighted by molar-refractivity contribution is -0.150. The van der Waals surface area contributed by atoms with Gasteiger partial charge in [0.25, 0.3) is 5.91 Å². The van der Waals surface area contributed by atoms with Crippen LogP contribution in [0, 0.1) is 30.6 Å². The molecule has 2 aliphatic rings. The molecule has 2 amide bonds. The fourth-order valence-electron chi connectivity index (χ4n) is 4.32. The first-order chi connectivity index (χ1) is 12.8. The number of carbonyl (C=O) groups is 3. The maximum Gasteiger partial charge on any atom is 0.307 e. The maximum absolute atomic E-state index is 12.5. The minimum atomic E-state index is -0.941. The molecule has 1 aromatic rings. The molecule has 8 heteroatoms. The van der Waals surface area contributed by atoms with Gasteiger partial charge in [-0.3, -0.25) is 25.2 Å².